The number of carbonyl (C=O) groups excluding carboxylic acids is 1. The number of hydrogen-bond acceptors (Lipinski definition) is 6. The molecule has 0 saturated heterocycles. The van der Waals surface area contributed by atoms with Gasteiger partial charge in [-0.3, -0.25) is 0 Å². The molecule has 0 saturated carbocycles. The van der Waals surface area contributed by atoms with Gasteiger partial charge in [0, 0.05) is 11.1 Å². The Bertz CT molecular complexity index is 913. The van der Waals surface area contributed by atoms with Crippen LogP contribution >= 0.6 is 0 Å². The molecule has 0 aliphatic heterocycles. The van der Waals surface area contributed by atoms with Gasteiger partial charge in [0.15, 0.2) is 6.54 Å². The van der Waals surface area contributed by atoms with Crippen molar-refractivity contribution in [1.29, 1.82) is 0 Å². The van der Waals surface area contributed by atoms with E-state index in [1.807, 2.05) is 31.2 Å². The minimum Gasteiger partial charge on any atom is -0.459 e. The fourth-order valence-electron chi connectivity index (χ4n) is 2.28. The Morgan fingerprint density at radius 1 is 1.15 bits per heavy atom. The lowest BCUT2D eigenvalue weighted by molar-refractivity contribution is -0.146. The summed E-state index contributed by atoms with van der Waals surface area (Å²) >= 11 is 0. The van der Waals surface area contributed by atoms with E-state index in [4.69, 9.17) is 4.74 Å². The molecule has 0 spiro atoms. The second-order valence-corrected chi connectivity index (χ2v) is 5.66. The molecule has 0 unspecified atom stereocenters. The van der Waals surface area contributed by atoms with Crippen molar-refractivity contribution >= 4 is 5.97 Å². The summed E-state index contributed by atoms with van der Waals surface area (Å²) in [4.78, 5) is 13.1. The zero-order valence-electron chi connectivity index (χ0n) is 14.4. The van der Waals surface area contributed by atoms with Crippen molar-refractivity contribution in [1.82, 2.24) is 20.2 Å². The van der Waals surface area contributed by atoms with Crippen LogP contribution in [-0.2, 0) is 22.7 Å². The second-order valence-electron chi connectivity index (χ2n) is 5.66. The van der Waals surface area contributed by atoms with E-state index in [0.717, 1.165) is 15.9 Å². The van der Waals surface area contributed by atoms with Crippen LogP contribution in [0.5, 0.6) is 5.75 Å². The summed E-state index contributed by atoms with van der Waals surface area (Å²) in [6.07, 6.45) is 0. The van der Waals surface area contributed by atoms with Crippen LogP contribution in [0.4, 0.5) is 8.78 Å². The third-order valence-electron chi connectivity index (χ3n) is 3.61. The first kappa shape index (κ1) is 18.4. The van der Waals surface area contributed by atoms with Crippen LogP contribution in [0, 0.1) is 6.92 Å². The predicted molar refractivity (Wildman–Crippen MR) is 90.9 cm³/mol. The smallest absolute Gasteiger partial charge is 0.387 e. The minimum atomic E-state index is -2.96. The van der Waals surface area contributed by atoms with Gasteiger partial charge in [0.1, 0.15) is 12.4 Å². The van der Waals surface area contributed by atoms with Crippen LogP contribution in [0.2, 0.25) is 0 Å². The SMILES string of the molecule is Cc1ccc(-c2nnn(CC(=O)OCc3ccccc3OC(F)F)n2)cc1. The number of alkyl halides is 2. The van der Waals surface area contributed by atoms with E-state index in [2.05, 4.69) is 20.1 Å². The van der Waals surface area contributed by atoms with Crippen molar-refractivity contribution in [2.24, 2.45) is 0 Å². The van der Waals surface area contributed by atoms with E-state index in [-0.39, 0.29) is 18.9 Å². The molecule has 3 aromatic rings. The van der Waals surface area contributed by atoms with Crippen LogP contribution < -0.4 is 4.74 Å². The van der Waals surface area contributed by atoms with Crippen molar-refractivity contribution in [2.75, 3.05) is 0 Å². The monoisotopic (exact) mass is 374 g/mol. The summed E-state index contributed by atoms with van der Waals surface area (Å²) in [5.74, 6) is -0.283. The standard InChI is InChI=1S/C18H16F2N4O3/c1-12-6-8-13(9-7-12)17-21-23-24(22-17)10-16(25)26-11-14-4-2-3-5-15(14)27-18(19)20/h2-9,18H,10-11H2,1H3. The lowest BCUT2D eigenvalue weighted by Crippen LogP contribution is -2.16. The summed E-state index contributed by atoms with van der Waals surface area (Å²) in [5.41, 5.74) is 2.21. The van der Waals surface area contributed by atoms with Gasteiger partial charge < -0.3 is 9.47 Å². The Hall–Kier alpha value is -3.36. The molecular formula is C18H16F2N4O3. The summed E-state index contributed by atoms with van der Waals surface area (Å²) in [7, 11) is 0. The highest BCUT2D eigenvalue weighted by molar-refractivity contribution is 5.69. The van der Waals surface area contributed by atoms with Crippen LogP contribution in [0.1, 0.15) is 11.1 Å². The number of hydrogen-bond donors (Lipinski definition) is 0. The lowest BCUT2D eigenvalue weighted by atomic mass is 10.1. The minimum absolute atomic E-state index is 0.0409. The summed E-state index contributed by atoms with van der Waals surface area (Å²) in [5, 5.41) is 11.9. The Morgan fingerprint density at radius 2 is 1.89 bits per heavy atom. The summed E-state index contributed by atoms with van der Waals surface area (Å²) < 4.78 is 34.3. The average Bonchev–Trinajstić information content (AvgIpc) is 3.09. The highest BCUT2D eigenvalue weighted by atomic mass is 19.3. The molecule has 1 aromatic heterocycles. The number of tetrazole rings is 1. The van der Waals surface area contributed by atoms with Crippen molar-refractivity contribution in [3.8, 4) is 17.1 Å². The third-order valence-corrected chi connectivity index (χ3v) is 3.61. The zero-order valence-corrected chi connectivity index (χ0v) is 14.4. The third kappa shape index (κ3) is 5.06. The van der Waals surface area contributed by atoms with E-state index in [1.54, 1.807) is 12.1 Å². The number of rotatable bonds is 7. The van der Waals surface area contributed by atoms with Gasteiger partial charge in [-0.25, -0.2) is 4.79 Å². The number of halogens is 2. The molecule has 7 nitrogen and oxygen atoms in total. The first-order valence-electron chi connectivity index (χ1n) is 8.04. The fraction of sp³-hybridized carbons (Fsp3) is 0.222. The van der Waals surface area contributed by atoms with E-state index < -0.39 is 12.6 Å². The zero-order chi connectivity index (χ0) is 19.2. The van der Waals surface area contributed by atoms with Crippen LogP contribution in [-0.4, -0.2) is 32.8 Å². The molecule has 0 aliphatic carbocycles. The molecule has 140 valence electrons. The quantitative estimate of drug-likeness (QED) is 0.592. The van der Waals surface area contributed by atoms with E-state index >= 15 is 0 Å². The molecule has 1 heterocycles. The highest BCUT2D eigenvalue weighted by Crippen LogP contribution is 2.21. The normalized spacial score (nSPS) is 10.8. The summed E-state index contributed by atoms with van der Waals surface area (Å²) in [6, 6.07) is 13.6. The van der Waals surface area contributed by atoms with Crippen LogP contribution in [0.3, 0.4) is 0 Å². The van der Waals surface area contributed by atoms with Crippen molar-refractivity contribution < 1.29 is 23.0 Å². The molecule has 0 radical (unpaired) electrons. The van der Waals surface area contributed by atoms with E-state index in [1.165, 1.54) is 12.1 Å². The van der Waals surface area contributed by atoms with Gasteiger partial charge in [0.25, 0.3) is 0 Å². The number of esters is 1. The van der Waals surface area contributed by atoms with Gasteiger partial charge in [0.05, 0.1) is 0 Å². The van der Waals surface area contributed by atoms with Gasteiger partial charge in [-0.2, -0.15) is 13.6 Å². The molecule has 0 aliphatic rings. The maximum Gasteiger partial charge on any atom is 0.387 e. The van der Waals surface area contributed by atoms with Gasteiger partial charge in [-0.05, 0) is 18.2 Å². The Kier molecular flexibility index (Phi) is 5.70. The number of benzene rings is 2. The maximum atomic E-state index is 12.4. The number of aromatic nitrogens is 4. The van der Waals surface area contributed by atoms with E-state index in [0.29, 0.717) is 11.4 Å². The first-order chi connectivity index (χ1) is 13.0. The molecule has 27 heavy (non-hydrogen) atoms. The summed E-state index contributed by atoms with van der Waals surface area (Å²) in [6.45, 7) is -1.45. The maximum absolute atomic E-state index is 12.4. The van der Waals surface area contributed by atoms with Gasteiger partial charge >= 0.3 is 12.6 Å². The lowest BCUT2D eigenvalue weighted by Gasteiger charge is -2.10. The predicted octanol–water partition coefficient (Wildman–Crippen LogP) is 2.99. The molecule has 0 atom stereocenters. The fourth-order valence-corrected chi connectivity index (χ4v) is 2.28. The molecule has 0 N–H and O–H groups in total. The van der Waals surface area contributed by atoms with Crippen LogP contribution in [0.25, 0.3) is 11.4 Å². The molecule has 0 bridgehead atoms. The molecule has 3 rings (SSSR count). The Labute approximate surface area is 153 Å². The largest absolute Gasteiger partial charge is 0.459 e. The van der Waals surface area contributed by atoms with Gasteiger partial charge in [-0.15, -0.1) is 10.2 Å². The molecule has 2 aromatic carbocycles. The molecule has 0 amide bonds. The van der Waals surface area contributed by atoms with Crippen molar-refractivity contribution in [2.45, 2.75) is 26.7 Å². The topological polar surface area (TPSA) is 79.1 Å². The molecular weight excluding hydrogens is 358 g/mol. The average molecular weight is 374 g/mol. The van der Waals surface area contributed by atoms with Crippen molar-refractivity contribution in [3.63, 3.8) is 0 Å². The Balaban J connectivity index is 1.58. The highest BCUT2D eigenvalue weighted by Gasteiger charge is 2.13. The number of aryl methyl sites for hydroxylation is 1. The number of nitrogens with zero attached hydrogens (tertiary/aromatic N) is 4. The van der Waals surface area contributed by atoms with E-state index in [9.17, 15) is 13.6 Å². The number of ether oxygens (including phenoxy) is 2. The second kappa shape index (κ2) is 8.35. The van der Waals surface area contributed by atoms with Crippen LogP contribution in [0.15, 0.2) is 48.5 Å². The van der Waals surface area contributed by atoms with Gasteiger partial charge in [0.2, 0.25) is 5.82 Å². The number of carbonyl (C=O) groups is 1. The molecule has 9 heteroatoms. The van der Waals surface area contributed by atoms with Gasteiger partial charge in [-0.1, -0.05) is 48.0 Å². The van der Waals surface area contributed by atoms with Crippen molar-refractivity contribution in [3.05, 3.63) is 59.7 Å². The first-order valence-corrected chi connectivity index (χ1v) is 8.04. The molecule has 0 fully saturated rings. The Morgan fingerprint density at radius 3 is 2.63 bits per heavy atom. The number of para-hydroxylation sites is 1.